The van der Waals surface area contributed by atoms with Gasteiger partial charge in [0, 0.05) is 25.4 Å². The zero-order valence-electron chi connectivity index (χ0n) is 9.66. The molecule has 0 aliphatic heterocycles. The van der Waals surface area contributed by atoms with E-state index in [4.69, 9.17) is 0 Å². The van der Waals surface area contributed by atoms with Gasteiger partial charge in [0.15, 0.2) is 0 Å². The average molecular weight is 220 g/mol. The molecule has 1 N–H and O–H groups in total. The lowest BCUT2D eigenvalue weighted by Crippen LogP contribution is -2.29. The first-order valence-corrected chi connectivity index (χ1v) is 5.45. The van der Waals surface area contributed by atoms with Crippen LogP contribution >= 0.6 is 0 Å². The highest BCUT2D eigenvalue weighted by Crippen LogP contribution is 2.24. The van der Waals surface area contributed by atoms with Gasteiger partial charge in [0.2, 0.25) is 5.91 Å². The molecule has 1 amide bonds. The van der Waals surface area contributed by atoms with Gasteiger partial charge < -0.3 is 10.2 Å². The smallest absolute Gasteiger partial charge is 0.241 e. The maximum atomic E-state index is 11.4. The molecule has 0 bridgehead atoms. The van der Waals surface area contributed by atoms with Crippen molar-refractivity contribution in [2.24, 2.45) is 0 Å². The van der Waals surface area contributed by atoms with Crippen LogP contribution in [0.1, 0.15) is 17.7 Å². The van der Waals surface area contributed by atoms with E-state index in [1.54, 1.807) is 25.3 Å². The molecule has 2 rings (SSSR count). The van der Waals surface area contributed by atoms with Crippen LogP contribution in [0.2, 0.25) is 0 Å². The largest absolute Gasteiger partial charge is 0.361 e. The predicted molar refractivity (Wildman–Crippen MR) is 61.2 cm³/mol. The van der Waals surface area contributed by atoms with Gasteiger partial charge in [-0.05, 0) is 19.3 Å². The molecule has 0 saturated heterocycles. The average Bonchev–Trinajstić information content (AvgIpc) is 2.73. The highest BCUT2D eigenvalue weighted by Gasteiger charge is 2.17. The number of likely N-dealkylation sites (N-methyl/N-ethyl adjacent to an activating group) is 1. The first-order valence-electron chi connectivity index (χ1n) is 5.45. The minimum absolute atomic E-state index is 0.0466. The monoisotopic (exact) mass is 220 g/mol. The molecule has 0 radical (unpaired) electrons. The fourth-order valence-corrected chi connectivity index (χ4v) is 1.83. The molecular weight excluding hydrogens is 204 g/mol. The lowest BCUT2D eigenvalue weighted by Gasteiger charge is -2.12. The first-order chi connectivity index (χ1) is 7.68. The van der Waals surface area contributed by atoms with Crippen molar-refractivity contribution in [3.63, 3.8) is 0 Å². The first kappa shape index (κ1) is 10.9. The molecule has 1 heterocycles. The van der Waals surface area contributed by atoms with E-state index in [0.29, 0.717) is 0 Å². The van der Waals surface area contributed by atoms with Gasteiger partial charge in [0.05, 0.1) is 6.54 Å². The number of carbonyl (C=O) groups is 1. The third kappa shape index (κ3) is 2.13. The maximum Gasteiger partial charge on any atom is 0.241 e. The molecule has 0 fully saturated rings. The molecule has 1 aliphatic carbocycles. The summed E-state index contributed by atoms with van der Waals surface area (Å²) in [5.41, 5.74) is 2.30. The van der Waals surface area contributed by atoms with Crippen molar-refractivity contribution >= 4 is 11.7 Å². The third-order valence-electron chi connectivity index (χ3n) is 2.78. The summed E-state index contributed by atoms with van der Waals surface area (Å²) >= 11 is 0. The molecule has 0 aromatic carbocycles. The van der Waals surface area contributed by atoms with Gasteiger partial charge in [-0.1, -0.05) is 0 Å². The lowest BCUT2D eigenvalue weighted by atomic mass is 10.2. The summed E-state index contributed by atoms with van der Waals surface area (Å²) in [7, 11) is 3.49. The number of rotatable bonds is 3. The Morgan fingerprint density at radius 3 is 3.00 bits per heavy atom. The number of anilines is 1. The Morgan fingerprint density at radius 1 is 1.44 bits per heavy atom. The van der Waals surface area contributed by atoms with Crippen LogP contribution in [-0.2, 0) is 17.6 Å². The van der Waals surface area contributed by atoms with Crippen molar-refractivity contribution in [1.82, 2.24) is 14.9 Å². The molecule has 0 saturated carbocycles. The number of hydrogen-bond acceptors (Lipinski definition) is 4. The van der Waals surface area contributed by atoms with Crippen LogP contribution in [0.15, 0.2) is 6.33 Å². The molecule has 0 unspecified atom stereocenters. The number of nitrogens with zero attached hydrogens (tertiary/aromatic N) is 3. The van der Waals surface area contributed by atoms with Crippen molar-refractivity contribution < 1.29 is 4.79 Å². The number of nitrogens with one attached hydrogen (secondary N) is 1. The quantitative estimate of drug-likeness (QED) is 0.804. The van der Waals surface area contributed by atoms with Crippen LogP contribution in [0.4, 0.5) is 5.82 Å². The number of carbonyl (C=O) groups excluding carboxylic acids is 1. The van der Waals surface area contributed by atoms with Crippen molar-refractivity contribution in [3.8, 4) is 0 Å². The van der Waals surface area contributed by atoms with Crippen LogP contribution in [0.3, 0.4) is 0 Å². The van der Waals surface area contributed by atoms with Gasteiger partial charge in [0.25, 0.3) is 0 Å². The van der Waals surface area contributed by atoms with Gasteiger partial charge in [-0.3, -0.25) is 4.79 Å². The fourth-order valence-electron chi connectivity index (χ4n) is 1.83. The normalized spacial score (nSPS) is 13.4. The molecule has 0 spiro atoms. The van der Waals surface area contributed by atoms with Crippen molar-refractivity contribution in [2.45, 2.75) is 19.3 Å². The summed E-state index contributed by atoms with van der Waals surface area (Å²) < 4.78 is 0. The van der Waals surface area contributed by atoms with Gasteiger partial charge >= 0.3 is 0 Å². The van der Waals surface area contributed by atoms with Crippen LogP contribution < -0.4 is 5.32 Å². The zero-order chi connectivity index (χ0) is 11.5. The molecule has 1 aromatic heterocycles. The number of hydrogen-bond donors (Lipinski definition) is 1. The summed E-state index contributed by atoms with van der Waals surface area (Å²) in [6.45, 7) is 0.288. The number of aromatic nitrogens is 2. The number of amides is 1. The Kier molecular flexibility index (Phi) is 3.03. The second-order valence-electron chi connectivity index (χ2n) is 4.14. The van der Waals surface area contributed by atoms with Crippen LogP contribution in [-0.4, -0.2) is 41.4 Å². The molecule has 16 heavy (non-hydrogen) atoms. The lowest BCUT2D eigenvalue weighted by molar-refractivity contribution is -0.126. The molecule has 1 aliphatic rings. The van der Waals surface area contributed by atoms with E-state index >= 15 is 0 Å². The van der Waals surface area contributed by atoms with E-state index in [9.17, 15) is 4.79 Å². The topological polar surface area (TPSA) is 58.1 Å². The fraction of sp³-hybridized carbons (Fsp3) is 0.545. The molecule has 86 valence electrons. The van der Waals surface area contributed by atoms with Crippen molar-refractivity contribution in [3.05, 3.63) is 17.6 Å². The Bertz CT molecular complexity index is 403. The Balaban J connectivity index is 2.05. The summed E-state index contributed by atoms with van der Waals surface area (Å²) in [4.78, 5) is 21.4. The standard InChI is InChI=1S/C11H16N4O/c1-15(2)10(16)6-12-11-8-4-3-5-9(8)13-7-14-11/h7H,3-6H2,1-2H3,(H,12,13,14). The number of fused-ring (bicyclic) bond motifs is 1. The molecule has 0 atom stereocenters. The molecule has 1 aromatic rings. The summed E-state index contributed by atoms with van der Waals surface area (Å²) in [5, 5.41) is 3.08. The predicted octanol–water partition coefficient (Wildman–Crippen LogP) is 0.465. The van der Waals surface area contributed by atoms with E-state index in [0.717, 1.165) is 30.8 Å². The van der Waals surface area contributed by atoms with E-state index in [1.165, 1.54) is 5.56 Å². The highest BCUT2D eigenvalue weighted by atomic mass is 16.2. The van der Waals surface area contributed by atoms with Crippen LogP contribution in [0.25, 0.3) is 0 Å². The van der Waals surface area contributed by atoms with E-state index in [2.05, 4.69) is 15.3 Å². The summed E-state index contributed by atoms with van der Waals surface area (Å²) in [6, 6.07) is 0. The minimum atomic E-state index is 0.0466. The maximum absolute atomic E-state index is 11.4. The Hall–Kier alpha value is -1.65. The summed E-state index contributed by atoms with van der Waals surface area (Å²) in [5.74, 6) is 0.864. The van der Waals surface area contributed by atoms with Gasteiger partial charge in [-0.2, -0.15) is 0 Å². The summed E-state index contributed by atoms with van der Waals surface area (Å²) in [6.07, 6.45) is 4.72. The second-order valence-corrected chi connectivity index (χ2v) is 4.14. The van der Waals surface area contributed by atoms with Crippen molar-refractivity contribution in [2.75, 3.05) is 26.0 Å². The van der Waals surface area contributed by atoms with E-state index in [-0.39, 0.29) is 12.5 Å². The van der Waals surface area contributed by atoms with Gasteiger partial charge in [-0.15, -0.1) is 0 Å². The Morgan fingerprint density at radius 2 is 2.25 bits per heavy atom. The van der Waals surface area contributed by atoms with Crippen LogP contribution in [0.5, 0.6) is 0 Å². The van der Waals surface area contributed by atoms with E-state index in [1.807, 2.05) is 0 Å². The SMILES string of the molecule is CN(C)C(=O)CNc1ncnc2c1CCC2. The van der Waals surface area contributed by atoms with E-state index < -0.39 is 0 Å². The number of aryl methyl sites for hydroxylation is 1. The zero-order valence-corrected chi connectivity index (χ0v) is 9.66. The molecular formula is C11H16N4O. The minimum Gasteiger partial charge on any atom is -0.361 e. The van der Waals surface area contributed by atoms with Gasteiger partial charge in [-0.25, -0.2) is 9.97 Å². The third-order valence-corrected chi connectivity index (χ3v) is 2.78. The molecule has 5 heteroatoms. The second kappa shape index (κ2) is 4.47. The Labute approximate surface area is 94.9 Å². The van der Waals surface area contributed by atoms with Gasteiger partial charge in [0.1, 0.15) is 12.1 Å². The van der Waals surface area contributed by atoms with Crippen molar-refractivity contribution in [1.29, 1.82) is 0 Å². The van der Waals surface area contributed by atoms with Crippen LogP contribution in [0, 0.1) is 0 Å². The highest BCUT2D eigenvalue weighted by molar-refractivity contribution is 5.80. The molecule has 5 nitrogen and oxygen atoms in total.